The van der Waals surface area contributed by atoms with Gasteiger partial charge in [-0.3, -0.25) is 19.3 Å². The van der Waals surface area contributed by atoms with Crippen LogP contribution in [0.4, 0.5) is 0 Å². The van der Waals surface area contributed by atoms with Gasteiger partial charge in [0.1, 0.15) is 5.75 Å². The first-order chi connectivity index (χ1) is 13.0. The zero-order chi connectivity index (χ0) is 18.9. The average Bonchev–Trinajstić information content (AvgIpc) is 3.42. The largest absolute Gasteiger partial charge is 0.426 e. The third-order valence-corrected chi connectivity index (χ3v) is 6.92. The van der Waals surface area contributed by atoms with Crippen LogP contribution in [0.3, 0.4) is 0 Å². The van der Waals surface area contributed by atoms with Crippen LogP contribution in [0.25, 0.3) is 0 Å². The molecule has 3 fully saturated rings. The summed E-state index contributed by atoms with van der Waals surface area (Å²) in [5, 5.41) is 0. The molecule has 5 heteroatoms. The predicted molar refractivity (Wildman–Crippen MR) is 97.6 cm³/mol. The van der Waals surface area contributed by atoms with Gasteiger partial charge in [0.25, 0.3) is 0 Å². The topological polar surface area (TPSA) is 63.7 Å². The van der Waals surface area contributed by atoms with Crippen LogP contribution in [-0.4, -0.2) is 29.2 Å². The van der Waals surface area contributed by atoms with Crippen LogP contribution in [0.15, 0.2) is 30.4 Å². The molecule has 27 heavy (non-hydrogen) atoms. The van der Waals surface area contributed by atoms with Crippen molar-refractivity contribution in [3.05, 3.63) is 41.5 Å². The lowest BCUT2D eigenvalue weighted by atomic mass is 9.63. The van der Waals surface area contributed by atoms with Crippen molar-refractivity contribution < 1.29 is 19.1 Å². The smallest absolute Gasteiger partial charge is 0.313 e. The molecule has 6 atom stereocenters. The number of aryl methyl sites for hydroxylation is 2. The van der Waals surface area contributed by atoms with Crippen molar-refractivity contribution >= 4 is 17.8 Å². The van der Waals surface area contributed by atoms with Gasteiger partial charge in [-0.25, -0.2) is 0 Å². The van der Waals surface area contributed by atoms with E-state index in [1.54, 1.807) is 0 Å². The van der Waals surface area contributed by atoms with Crippen LogP contribution in [0.5, 0.6) is 5.75 Å². The summed E-state index contributed by atoms with van der Waals surface area (Å²) in [4.78, 5) is 39.4. The third kappa shape index (κ3) is 2.40. The van der Waals surface area contributed by atoms with Gasteiger partial charge in [-0.2, -0.15) is 0 Å². The summed E-state index contributed by atoms with van der Waals surface area (Å²) in [6.07, 6.45) is 5.49. The number of amides is 2. The van der Waals surface area contributed by atoms with Crippen LogP contribution in [0, 0.1) is 49.4 Å². The summed E-state index contributed by atoms with van der Waals surface area (Å²) in [6.45, 7) is 3.90. The Kier molecular flexibility index (Phi) is 3.58. The maximum absolute atomic E-state index is 12.9. The highest BCUT2D eigenvalue weighted by Crippen LogP contribution is 2.65. The molecule has 0 unspecified atom stereocenters. The number of imide groups is 1. The number of esters is 1. The molecule has 1 aliphatic heterocycles. The maximum atomic E-state index is 12.9. The lowest BCUT2D eigenvalue weighted by Gasteiger charge is -2.37. The molecule has 0 N–H and O–H groups in total. The molecule has 0 spiro atoms. The average molecular weight is 365 g/mol. The highest BCUT2D eigenvalue weighted by atomic mass is 16.5. The number of likely N-dealkylation sites (tertiary alicyclic amines) is 1. The van der Waals surface area contributed by atoms with Gasteiger partial charge in [-0.1, -0.05) is 30.4 Å². The van der Waals surface area contributed by atoms with Crippen molar-refractivity contribution in [2.75, 3.05) is 6.54 Å². The Morgan fingerprint density at radius 1 is 1.04 bits per heavy atom. The minimum atomic E-state index is -0.410. The van der Waals surface area contributed by atoms with Crippen LogP contribution in [0.1, 0.15) is 24.0 Å². The number of ether oxygens (including phenoxy) is 1. The quantitative estimate of drug-likeness (QED) is 0.356. The number of benzene rings is 1. The molecule has 1 aromatic carbocycles. The Balaban J connectivity index is 1.26. The van der Waals surface area contributed by atoms with Crippen LogP contribution in [0.2, 0.25) is 0 Å². The standard InChI is InChI=1S/C22H23NO4/c1-11-4-3-5-12(2)20(11)27-17(24)8-9-23-21(25)18-13-6-7-14(16-10-15(13)16)19(18)22(23)26/h3-7,13-16,18-19H,8-10H2,1-2H3/t13-,14-,15-,16-,18+,19+/m1/s1. The Morgan fingerprint density at radius 2 is 1.59 bits per heavy atom. The fourth-order valence-corrected chi connectivity index (χ4v) is 5.57. The number of hydrogen-bond acceptors (Lipinski definition) is 4. The molecule has 140 valence electrons. The van der Waals surface area contributed by atoms with Gasteiger partial charge >= 0.3 is 5.97 Å². The first-order valence-corrected chi connectivity index (χ1v) is 9.78. The van der Waals surface area contributed by atoms with E-state index < -0.39 is 5.97 Å². The number of nitrogens with zero attached hydrogens (tertiary/aromatic N) is 1. The molecule has 2 amide bonds. The maximum Gasteiger partial charge on any atom is 0.313 e. The van der Waals surface area contributed by atoms with Crippen molar-refractivity contribution in [1.29, 1.82) is 0 Å². The van der Waals surface area contributed by atoms with Crippen molar-refractivity contribution in [3.63, 3.8) is 0 Å². The number of carbonyl (C=O) groups is 3. The molecule has 4 aliphatic carbocycles. The summed E-state index contributed by atoms with van der Waals surface area (Å²) >= 11 is 0. The Morgan fingerprint density at radius 3 is 2.15 bits per heavy atom. The summed E-state index contributed by atoms with van der Waals surface area (Å²) < 4.78 is 5.50. The van der Waals surface area contributed by atoms with E-state index in [4.69, 9.17) is 4.74 Å². The second-order valence-corrected chi connectivity index (χ2v) is 8.43. The Hall–Kier alpha value is -2.43. The molecular formula is C22H23NO4. The zero-order valence-corrected chi connectivity index (χ0v) is 15.6. The van der Waals surface area contributed by atoms with Crippen molar-refractivity contribution in [2.45, 2.75) is 26.7 Å². The zero-order valence-electron chi connectivity index (χ0n) is 15.6. The molecule has 1 aromatic rings. The van der Waals surface area contributed by atoms with Gasteiger partial charge in [0, 0.05) is 6.54 Å². The number of carbonyl (C=O) groups excluding carboxylic acids is 3. The van der Waals surface area contributed by atoms with Crippen molar-refractivity contribution in [2.24, 2.45) is 35.5 Å². The molecule has 0 radical (unpaired) electrons. The molecule has 6 rings (SSSR count). The first-order valence-electron chi connectivity index (χ1n) is 9.78. The fraction of sp³-hybridized carbons (Fsp3) is 0.500. The summed E-state index contributed by atoms with van der Waals surface area (Å²) in [5.41, 5.74) is 1.79. The van der Waals surface area contributed by atoms with Gasteiger partial charge in [0.2, 0.25) is 11.8 Å². The lowest BCUT2D eigenvalue weighted by Crippen LogP contribution is -2.40. The molecule has 0 aromatic heterocycles. The minimum absolute atomic E-state index is 0.0281. The van der Waals surface area contributed by atoms with Gasteiger partial charge in [0.15, 0.2) is 0 Å². The Labute approximate surface area is 158 Å². The molecular weight excluding hydrogens is 342 g/mol. The van der Waals surface area contributed by atoms with Crippen molar-refractivity contribution in [3.8, 4) is 5.75 Å². The molecule has 2 bridgehead atoms. The van der Waals surface area contributed by atoms with E-state index in [1.807, 2.05) is 32.0 Å². The Bertz CT molecular complexity index is 832. The van der Waals surface area contributed by atoms with Gasteiger partial charge in [-0.05, 0) is 55.1 Å². The number of hydrogen-bond donors (Lipinski definition) is 0. The summed E-state index contributed by atoms with van der Waals surface area (Å²) in [5.74, 6) is 1.19. The fourth-order valence-electron chi connectivity index (χ4n) is 5.57. The summed E-state index contributed by atoms with van der Waals surface area (Å²) in [6, 6.07) is 5.70. The molecule has 2 saturated carbocycles. The van der Waals surface area contributed by atoms with E-state index in [2.05, 4.69) is 12.2 Å². The highest BCUT2D eigenvalue weighted by Gasteiger charge is 2.66. The van der Waals surface area contributed by atoms with E-state index in [0.717, 1.165) is 17.5 Å². The SMILES string of the molecule is Cc1cccc(C)c1OC(=O)CCN1C(=O)[C@H]2[C@@H]3C=C[C@H]([C@H]4C[C@H]34)[C@@H]2C1=O. The number of para-hydroxylation sites is 1. The van der Waals surface area contributed by atoms with E-state index in [0.29, 0.717) is 17.6 Å². The van der Waals surface area contributed by atoms with Crippen LogP contribution in [-0.2, 0) is 14.4 Å². The minimum Gasteiger partial charge on any atom is -0.426 e. The van der Waals surface area contributed by atoms with Gasteiger partial charge < -0.3 is 4.74 Å². The normalized spacial score (nSPS) is 35.3. The van der Waals surface area contributed by atoms with E-state index in [1.165, 1.54) is 4.90 Å². The second kappa shape index (κ2) is 5.78. The lowest BCUT2D eigenvalue weighted by molar-refractivity contribution is -0.141. The van der Waals surface area contributed by atoms with E-state index in [9.17, 15) is 14.4 Å². The third-order valence-electron chi connectivity index (χ3n) is 6.92. The van der Waals surface area contributed by atoms with Gasteiger partial charge in [0.05, 0.1) is 18.3 Å². The van der Waals surface area contributed by atoms with Crippen LogP contribution < -0.4 is 4.74 Å². The van der Waals surface area contributed by atoms with Crippen LogP contribution >= 0.6 is 0 Å². The van der Waals surface area contributed by atoms with Crippen molar-refractivity contribution in [1.82, 2.24) is 4.90 Å². The molecule has 5 aliphatic rings. The monoisotopic (exact) mass is 365 g/mol. The van der Waals surface area contributed by atoms with Gasteiger partial charge in [-0.15, -0.1) is 0 Å². The predicted octanol–water partition coefficient (Wildman–Crippen LogP) is 2.65. The summed E-state index contributed by atoms with van der Waals surface area (Å²) in [7, 11) is 0. The highest BCUT2D eigenvalue weighted by molar-refractivity contribution is 6.06. The molecule has 1 heterocycles. The van der Waals surface area contributed by atoms with E-state index in [-0.39, 0.29) is 48.5 Å². The number of allylic oxidation sites excluding steroid dienone is 2. The second-order valence-electron chi connectivity index (χ2n) is 8.43. The number of rotatable bonds is 4. The molecule has 5 nitrogen and oxygen atoms in total. The first kappa shape index (κ1) is 16.7. The molecule has 1 saturated heterocycles. The van der Waals surface area contributed by atoms with E-state index >= 15 is 0 Å².